The van der Waals surface area contributed by atoms with E-state index in [4.69, 9.17) is 10.00 Å². The van der Waals surface area contributed by atoms with Crippen LogP contribution in [-0.4, -0.2) is 52.6 Å². The number of benzene rings is 2. The van der Waals surface area contributed by atoms with Crippen molar-refractivity contribution in [1.82, 2.24) is 9.88 Å². The van der Waals surface area contributed by atoms with E-state index >= 15 is 0 Å². The first kappa shape index (κ1) is 30.6. The summed E-state index contributed by atoms with van der Waals surface area (Å²) in [5.41, 5.74) is -4.85. The van der Waals surface area contributed by atoms with Gasteiger partial charge in [-0.15, -0.1) is 0 Å². The molecule has 3 N–H and O–H groups in total. The summed E-state index contributed by atoms with van der Waals surface area (Å²) in [6.07, 6.45) is -9.34. The number of amides is 2. The summed E-state index contributed by atoms with van der Waals surface area (Å²) in [7, 11) is 0. The SMILES string of the molecule is N#Cc1ccc(NC(=O)Nc2ccc(OC3CCN(Cc4ccc(C(O)(C(F)(F)F)C(F)(F)F)cc4)CC3)cc2)nc1. The molecule has 222 valence electrons. The minimum absolute atomic E-state index is 0.109. The lowest BCUT2D eigenvalue weighted by Crippen LogP contribution is -2.53. The summed E-state index contributed by atoms with van der Waals surface area (Å²) in [5, 5.41) is 23.6. The standard InChI is InChI=1S/C28H25F6N5O3/c29-27(30,31)26(41,28(32,33)34)20-4-1-18(2-5-20)17-39-13-11-23(12-14-39)42-22-8-6-21(7-9-22)37-25(40)38-24-10-3-19(15-35)16-36-24/h1-10,16,23,41H,11-14,17H2,(H2,36,37,38,40). The second kappa shape index (κ2) is 12.3. The minimum Gasteiger partial charge on any atom is -0.490 e. The third kappa shape index (κ3) is 7.10. The van der Waals surface area contributed by atoms with Gasteiger partial charge >= 0.3 is 18.4 Å². The third-order valence-electron chi connectivity index (χ3n) is 6.68. The van der Waals surface area contributed by atoms with Crippen molar-refractivity contribution < 1.29 is 41.0 Å². The van der Waals surface area contributed by atoms with Crippen LogP contribution in [0, 0.1) is 11.3 Å². The molecule has 0 unspecified atom stereocenters. The number of anilines is 2. The quantitative estimate of drug-likeness (QED) is 0.292. The third-order valence-corrected chi connectivity index (χ3v) is 6.68. The van der Waals surface area contributed by atoms with E-state index < -0.39 is 29.5 Å². The molecule has 42 heavy (non-hydrogen) atoms. The summed E-state index contributed by atoms with van der Waals surface area (Å²) in [6.45, 7) is 1.49. The first-order valence-electron chi connectivity index (χ1n) is 12.7. The van der Waals surface area contributed by atoms with Gasteiger partial charge in [-0.1, -0.05) is 24.3 Å². The van der Waals surface area contributed by atoms with Crippen LogP contribution in [0.1, 0.15) is 29.5 Å². The molecule has 8 nitrogen and oxygen atoms in total. The Kier molecular flexibility index (Phi) is 8.93. The zero-order valence-electron chi connectivity index (χ0n) is 21.8. The van der Waals surface area contributed by atoms with Gasteiger partial charge in [0, 0.05) is 37.1 Å². The lowest BCUT2D eigenvalue weighted by Gasteiger charge is -2.33. The smallest absolute Gasteiger partial charge is 0.430 e. The van der Waals surface area contributed by atoms with Gasteiger partial charge in [-0.2, -0.15) is 31.6 Å². The van der Waals surface area contributed by atoms with Gasteiger partial charge in [0.2, 0.25) is 0 Å². The van der Waals surface area contributed by atoms with Gasteiger partial charge in [0.15, 0.2) is 0 Å². The molecule has 0 aliphatic carbocycles. The topological polar surface area (TPSA) is 111 Å². The molecule has 0 bridgehead atoms. The Hall–Kier alpha value is -4.35. The Bertz CT molecular complexity index is 1380. The van der Waals surface area contributed by atoms with Crippen LogP contribution in [0.3, 0.4) is 0 Å². The van der Waals surface area contributed by atoms with Crippen LogP contribution in [0.25, 0.3) is 0 Å². The van der Waals surface area contributed by atoms with Crippen LogP contribution >= 0.6 is 0 Å². The molecule has 2 heterocycles. The number of hydrogen-bond donors (Lipinski definition) is 3. The Labute approximate surface area is 236 Å². The molecular formula is C28H25F6N5O3. The van der Waals surface area contributed by atoms with Crippen LogP contribution in [0.2, 0.25) is 0 Å². The van der Waals surface area contributed by atoms with E-state index in [0.29, 0.717) is 67.2 Å². The normalized spacial score (nSPS) is 15.1. The van der Waals surface area contributed by atoms with E-state index in [1.807, 2.05) is 11.0 Å². The maximum atomic E-state index is 13.1. The number of nitrogens with zero attached hydrogens (tertiary/aromatic N) is 3. The Morgan fingerprint density at radius 2 is 1.57 bits per heavy atom. The molecule has 0 atom stereocenters. The number of urea groups is 1. The van der Waals surface area contributed by atoms with E-state index in [9.17, 15) is 36.2 Å². The number of pyridine rings is 1. The largest absolute Gasteiger partial charge is 0.490 e. The maximum Gasteiger partial charge on any atom is 0.430 e. The predicted octanol–water partition coefficient (Wildman–Crippen LogP) is 5.95. The maximum absolute atomic E-state index is 13.1. The van der Waals surface area contributed by atoms with E-state index in [1.54, 1.807) is 24.3 Å². The van der Waals surface area contributed by atoms with Crippen molar-refractivity contribution in [3.05, 3.63) is 83.6 Å². The number of hydrogen-bond acceptors (Lipinski definition) is 6. The van der Waals surface area contributed by atoms with Crippen LogP contribution < -0.4 is 15.4 Å². The van der Waals surface area contributed by atoms with Crippen molar-refractivity contribution in [3.8, 4) is 11.8 Å². The van der Waals surface area contributed by atoms with E-state index in [1.165, 1.54) is 18.3 Å². The summed E-state index contributed by atoms with van der Waals surface area (Å²) in [4.78, 5) is 18.1. The molecule has 4 rings (SSSR count). The second-order valence-corrected chi connectivity index (χ2v) is 9.64. The van der Waals surface area contributed by atoms with Gasteiger partial charge < -0.3 is 15.2 Å². The highest BCUT2D eigenvalue weighted by Crippen LogP contribution is 2.50. The summed E-state index contributed by atoms with van der Waals surface area (Å²) in [6, 6.07) is 14.8. The van der Waals surface area contributed by atoms with Crippen molar-refractivity contribution in [2.45, 2.75) is 43.4 Å². The fourth-order valence-electron chi connectivity index (χ4n) is 4.40. The molecule has 1 aromatic heterocycles. The molecule has 0 radical (unpaired) electrons. The Morgan fingerprint density at radius 1 is 0.952 bits per heavy atom. The van der Waals surface area contributed by atoms with E-state index in [2.05, 4.69) is 15.6 Å². The van der Waals surface area contributed by atoms with Gasteiger partial charge in [0.05, 0.1) is 5.56 Å². The summed E-state index contributed by atoms with van der Waals surface area (Å²) < 4.78 is 84.6. The molecule has 1 aliphatic heterocycles. The van der Waals surface area contributed by atoms with Gasteiger partial charge in [-0.3, -0.25) is 10.2 Å². The summed E-state index contributed by atoms with van der Waals surface area (Å²) in [5.74, 6) is 0.871. The van der Waals surface area contributed by atoms with Gasteiger partial charge in [-0.25, -0.2) is 9.78 Å². The number of halogens is 6. The highest BCUT2D eigenvalue weighted by atomic mass is 19.4. The molecule has 3 aromatic rings. The number of aliphatic hydroxyl groups is 1. The number of nitriles is 1. The molecule has 1 fully saturated rings. The Morgan fingerprint density at radius 3 is 2.10 bits per heavy atom. The van der Waals surface area contributed by atoms with E-state index in [0.717, 1.165) is 12.1 Å². The van der Waals surface area contributed by atoms with Crippen molar-refractivity contribution in [1.29, 1.82) is 5.26 Å². The monoisotopic (exact) mass is 593 g/mol. The van der Waals surface area contributed by atoms with Gasteiger partial charge in [-0.05, 0) is 54.8 Å². The minimum atomic E-state index is -5.93. The molecule has 1 aliphatic rings. The average Bonchev–Trinajstić information content (AvgIpc) is 2.94. The molecule has 0 saturated carbocycles. The van der Waals surface area contributed by atoms with Crippen molar-refractivity contribution >= 4 is 17.5 Å². The van der Waals surface area contributed by atoms with Crippen LogP contribution in [-0.2, 0) is 12.1 Å². The number of aromatic nitrogens is 1. The number of rotatable bonds is 7. The zero-order chi connectivity index (χ0) is 30.5. The van der Waals surface area contributed by atoms with Crippen molar-refractivity contribution in [3.63, 3.8) is 0 Å². The number of carbonyl (C=O) groups excluding carboxylic acids is 1. The number of carbonyl (C=O) groups is 1. The fraction of sp³-hybridized carbons (Fsp3) is 0.321. The molecule has 1 saturated heterocycles. The second-order valence-electron chi connectivity index (χ2n) is 9.64. The van der Waals surface area contributed by atoms with Crippen LogP contribution in [0.15, 0.2) is 66.9 Å². The average molecular weight is 594 g/mol. The Balaban J connectivity index is 1.24. The van der Waals surface area contributed by atoms with Crippen LogP contribution in [0.5, 0.6) is 5.75 Å². The molecule has 2 aromatic carbocycles. The van der Waals surface area contributed by atoms with E-state index in [-0.39, 0.29) is 11.9 Å². The van der Waals surface area contributed by atoms with Gasteiger partial charge in [0.1, 0.15) is 23.7 Å². The summed E-state index contributed by atoms with van der Waals surface area (Å²) >= 11 is 0. The highest BCUT2D eigenvalue weighted by Gasteiger charge is 2.71. The number of likely N-dealkylation sites (tertiary alicyclic amines) is 1. The highest BCUT2D eigenvalue weighted by molar-refractivity contribution is 5.99. The molecule has 0 spiro atoms. The van der Waals surface area contributed by atoms with Gasteiger partial charge in [0.25, 0.3) is 5.60 Å². The van der Waals surface area contributed by atoms with Crippen molar-refractivity contribution in [2.24, 2.45) is 0 Å². The molecular weight excluding hydrogens is 568 g/mol. The number of nitrogens with one attached hydrogen (secondary N) is 2. The number of ether oxygens (including phenoxy) is 1. The number of piperidine rings is 1. The first-order chi connectivity index (χ1) is 19.8. The molecule has 14 heteroatoms. The lowest BCUT2D eigenvalue weighted by molar-refractivity contribution is -0.376. The molecule has 2 amide bonds. The van der Waals surface area contributed by atoms with Crippen molar-refractivity contribution in [2.75, 3.05) is 23.7 Å². The predicted molar refractivity (Wildman–Crippen MR) is 139 cm³/mol. The fourth-order valence-corrected chi connectivity index (χ4v) is 4.40. The van der Waals surface area contributed by atoms with Crippen LogP contribution in [0.4, 0.5) is 42.6 Å². The first-order valence-corrected chi connectivity index (χ1v) is 12.7. The zero-order valence-corrected chi connectivity index (χ0v) is 21.8. The number of alkyl halides is 6. The lowest BCUT2D eigenvalue weighted by atomic mass is 9.91.